The second-order valence-electron chi connectivity index (χ2n) is 9.29. The lowest BCUT2D eigenvalue weighted by Crippen LogP contribution is -2.14. The molecular formula is C27H50BrP. The molecule has 0 aliphatic rings. The second kappa shape index (κ2) is 18.9. The molecule has 2 unspecified atom stereocenters. The molecule has 170 valence electrons. The predicted molar refractivity (Wildman–Crippen MR) is 143 cm³/mol. The van der Waals surface area contributed by atoms with Crippen molar-refractivity contribution in [1.29, 1.82) is 0 Å². The predicted octanol–water partition coefficient (Wildman–Crippen LogP) is 10.3. The first-order valence-corrected chi connectivity index (χ1v) is 13.0. The van der Waals surface area contributed by atoms with Gasteiger partial charge in [-0.05, 0) is 24.5 Å². The van der Waals surface area contributed by atoms with Gasteiger partial charge in [0.15, 0.2) is 0 Å². The highest BCUT2D eigenvalue weighted by atomic mass is 79.9. The van der Waals surface area contributed by atoms with Gasteiger partial charge in [0.1, 0.15) is 0 Å². The van der Waals surface area contributed by atoms with E-state index in [0.717, 1.165) is 0 Å². The zero-order valence-electron chi connectivity index (χ0n) is 19.8. The molecule has 0 fully saturated rings. The average Bonchev–Trinajstić information content (AvgIpc) is 2.68. The highest BCUT2D eigenvalue weighted by Crippen LogP contribution is 2.38. The van der Waals surface area contributed by atoms with Gasteiger partial charge in [-0.3, -0.25) is 0 Å². The smallest absolute Gasteiger partial charge is 0.00720 e. The van der Waals surface area contributed by atoms with Crippen LogP contribution in [0.15, 0.2) is 24.3 Å². The van der Waals surface area contributed by atoms with Crippen LogP contribution < -0.4 is 0 Å². The fraction of sp³-hybridized carbons (Fsp3) is 0.778. The van der Waals surface area contributed by atoms with Crippen LogP contribution in [0, 0.1) is 6.92 Å². The molecule has 0 radical (unpaired) electrons. The van der Waals surface area contributed by atoms with E-state index >= 15 is 0 Å². The maximum atomic E-state index is 3.11. The summed E-state index contributed by atoms with van der Waals surface area (Å²) in [5, 5.41) is 0.237. The molecule has 29 heavy (non-hydrogen) atoms. The van der Waals surface area contributed by atoms with E-state index in [1.54, 1.807) is 0 Å². The second-order valence-corrected chi connectivity index (χ2v) is 10.6. The van der Waals surface area contributed by atoms with E-state index in [9.17, 15) is 0 Å². The van der Waals surface area contributed by atoms with Gasteiger partial charge in [-0.15, -0.1) is 26.2 Å². The Morgan fingerprint density at radius 2 is 1.03 bits per heavy atom. The Morgan fingerprint density at radius 3 is 1.45 bits per heavy atom. The van der Waals surface area contributed by atoms with Crippen molar-refractivity contribution in [3.63, 3.8) is 0 Å². The van der Waals surface area contributed by atoms with Crippen molar-refractivity contribution in [2.45, 2.75) is 135 Å². The fourth-order valence-electron chi connectivity index (χ4n) is 4.39. The molecule has 0 N–H and O–H groups in total. The van der Waals surface area contributed by atoms with Crippen LogP contribution >= 0.6 is 26.2 Å². The largest absolute Gasteiger partial charge is 0.127 e. The number of rotatable bonds is 18. The van der Waals surface area contributed by atoms with Crippen molar-refractivity contribution < 1.29 is 0 Å². The Labute approximate surface area is 196 Å². The molecule has 1 rings (SSSR count). The number of hydrogen-bond acceptors (Lipinski definition) is 0. The monoisotopic (exact) mass is 484 g/mol. The quantitative estimate of drug-likeness (QED) is 0.143. The summed E-state index contributed by atoms with van der Waals surface area (Å²) >= 11 is 0. The van der Waals surface area contributed by atoms with E-state index < -0.39 is 0 Å². The maximum absolute atomic E-state index is 3.11. The van der Waals surface area contributed by atoms with Gasteiger partial charge in [0, 0.05) is 5.16 Å². The summed E-state index contributed by atoms with van der Waals surface area (Å²) in [5.41, 5.74) is 2.93. The van der Waals surface area contributed by atoms with Crippen LogP contribution in [0.25, 0.3) is 0 Å². The Kier molecular flexibility index (Phi) is 18.9. The highest BCUT2D eigenvalue weighted by molar-refractivity contribution is 8.93. The van der Waals surface area contributed by atoms with Crippen molar-refractivity contribution in [3.8, 4) is 0 Å². The minimum atomic E-state index is 0. The van der Waals surface area contributed by atoms with Crippen LogP contribution in [0.1, 0.15) is 134 Å². The van der Waals surface area contributed by atoms with Crippen LogP contribution in [0.5, 0.6) is 0 Å². The molecule has 0 bridgehead atoms. The van der Waals surface area contributed by atoms with Crippen LogP contribution in [-0.2, 0) is 5.16 Å². The number of aryl methyl sites for hydroxylation is 1. The number of hydrogen-bond donors (Lipinski definition) is 0. The third-order valence-corrected chi connectivity index (χ3v) is 6.91. The summed E-state index contributed by atoms with van der Waals surface area (Å²) < 4.78 is 0. The zero-order chi connectivity index (χ0) is 20.5. The normalized spacial score (nSPS) is 13.1. The summed E-state index contributed by atoms with van der Waals surface area (Å²) in [5.74, 6) is 0. The van der Waals surface area contributed by atoms with Gasteiger partial charge in [-0.1, -0.05) is 141 Å². The highest BCUT2D eigenvalue weighted by Gasteiger charge is 2.21. The molecule has 0 aromatic heterocycles. The van der Waals surface area contributed by atoms with E-state index in [2.05, 4.69) is 54.3 Å². The van der Waals surface area contributed by atoms with Gasteiger partial charge < -0.3 is 0 Å². The van der Waals surface area contributed by atoms with Crippen molar-refractivity contribution in [3.05, 3.63) is 35.4 Å². The van der Waals surface area contributed by atoms with E-state index in [1.165, 1.54) is 120 Å². The molecule has 0 saturated carbocycles. The zero-order valence-corrected chi connectivity index (χ0v) is 22.7. The first-order valence-electron chi connectivity index (χ1n) is 12.4. The summed E-state index contributed by atoms with van der Waals surface area (Å²) in [6.45, 7) is 6.92. The topological polar surface area (TPSA) is 0 Å². The number of halogens is 1. The van der Waals surface area contributed by atoms with Crippen LogP contribution in [0.2, 0.25) is 0 Å². The third-order valence-electron chi connectivity index (χ3n) is 6.31. The van der Waals surface area contributed by atoms with Crippen molar-refractivity contribution in [1.82, 2.24) is 0 Å². The van der Waals surface area contributed by atoms with Gasteiger partial charge >= 0.3 is 0 Å². The number of unbranched alkanes of at least 4 members (excludes halogenated alkanes) is 15. The Balaban J connectivity index is 0.00000784. The van der Waals surface area contributed by atoms with Crippen LogP contribution in [-0.4, -0.2) is 0 Å². The van der Waals surface area contributed by atoms with Gasteiger partial charge in [0.2, 0.25) is 0 Å². The number of benzene rings is 1. The van der Waals surface area contributed by atoms with Crippen molar-refractivity contribution in [2.75, 3.05) is 0 Å². The Morgan fingerprint density at radius 1 is 0.655 bits per heavy atom. The molecule has 0 aliphatic heterocycles. The SMILES string of the molecule is Br.CCCCCCCCCCCCCCCCCCC(C)(P)c1ccccc1C. The first kappa shape index (κ1) is 29.1. The van der Waals surface area contributed by atoms with Crippen molar-refractivity contribution in [2.24, 2.45) is 0 Å². The van der Waals surface area contributed by atoms with Gasteiger partial charge in [-0.2, -0.15) is 0 Å². The molecule has 1 aromatic rings. The van der Waals surface area contributed by atoms with Crippen LogP contribution in [0.3, 0.4) is 0 Å². The van der Waals surface area contributed by atoms with E-state index in [0.29, 0.717) is 0 Å². The minimum absolute atomic E-state index is 0. The minimum Gasteiger partial charge on any atom is -0.127 e. The molecule has 1 aromatic carbocycles. The third kappa shape index (κ3) is 14.7. The lowest BCUT2D eigenvalue weighted by Gasteiger charge is -2.27. The fourth-order valence-corrected chi connectivity index (χ4v) is 4.92. The molecule has 2 atom stereocenters. The molecule has 2 heteroatoms. The van der Waals surface area contributed by atoms with Gasteiger partial charge in [-0.25, -0.2) is 0 Å². The maximum Gasteiger partial charge on any atom is 0.00720 e. The molecular weight excluding hydrogens is 435 g/mol. The summed E-state index contributed by atoms with van der Waals surface area (Å²) in [6, 6.07) is 8.87. The van der Waals surface area contributed by atoms with Gasteiger partial charge in [0.05, 0.1) is 0 Å². The average molecular weight is 486 g/mol. The first-order chi connectivity index (χ1) is 13.6. The molecule has 0 amide bonds. The molecule has 0 nitrogen and oxygen atoms in total. The van der Waals surface area contributed by atoms with E-state index in [-0.39, 0.29) is 22.1 Å². The summed E-state index contributed by atoms with van der Waals surface area (Å²) in [7, 11) is 3.11. The Hall–Kier alpha value is 0.130. The van der Waals surface area contributed by atoms with Crippen molar-refractivity contribution >= 4 is 26.2 Å². The molecule has 0 aliphatic carbocycles. The standard InChI is InChI=1S/C27H49P.BrH/c1-4-5-6-7-8-9-10-11-12-13-14-15-16-17-18-21-24-27(3,28)26-23-20-19-22-25(26)2;/h19-20,22-23H,4-18,21,24,28H2,1-3H3;1H. The van der Waals surface area contributed by atoms with E-state index in [4.69, 9.17) is 0 Å². The lowest BCUT2D eigenvalue weighted by atomic mass is 9.90. The van der Waals surface area contributed by atoms with E-state index in [1.807, 2.05) is 0 Å². The molecule has 0 heterocycles. The Bertz CT molecular complexity index is 483. The van der Waals surface area contributed by atoms with Crippen LogP contribution in [0.4, 0.5) is 0 Å². The summed E-state index contributed by atoms with van der Waals surface area (Å²) in [6.07, 6.45) is 24.3. The summed E-state index contributed by atoms with van der Waals surface area (Å²) in [4.78, 5) is 0. The van der Waals surface area contributed by atoms with Gasteiger partial charge in [0.25, 0.3) is 0 Å². The lowest BCUT2D eigenvalue weighted by molar-refractivity contribution is 0.511. The molecule has 0 spiro atoms. The molecule has 0 saturated heterocycles.